The fourth-order valence-electron chi connectivity index (χ4n) is 1.86. The Hall–Kier alpha value is -1.67. The highest BCUT2D eigenvalue weighted by Gasteiger charge is 2.07. The second-order valence-corrected chi connectivity index (χ2v) is 5.44. The first-order chi connectivity index (χ1) is 8.58. The average molecular weight is 256 g/mol. The number of carbonyl (C=O) groups is 1. The molecule has 0 bridgehead atoms. The van der Waals surface area contributed by atoms with E-state index in [0.717, 1.165) is 21.6 Å². The summed E-state index contributed by atoms with van der Waals surface area (Å²) in [5, 5.41) is 2.01. The van der Waals surface area contributed by atoms with Crippen molar-refractivity contribution >= 4 is 23.2 Å². The van der Waals surface area contributed by atoms with E-state index < -0.39 is 0 Å². The van der Waals surface area contributed by atoms with E-state index in [-0.39, 0.29) is 5.78 Å². The summed E-state index contributed by atoms with van der Waals surface area (Å²) in [4.78, 5) is 13.2. The lowest BCUT2D eigenvalue weighted by atomic mass is 9.98. The number of ketones is 1. The van der Waals surface area contributed by atoms with Gasteiger partial charge in [-0.1, -0.05) is 12.1 Å². The monoisotopic (exact) mass is 256 g/mol. The van der Waals surface area contributed by atoms with Crippen LogP contribution in [0, 0.1) is 20.8 Å². The standard InChI is InChI=1S/C16H16OS/c1-11-9-13(3)15(10-12(11)2)16(17)7-6-14-5-4-8-18-14/h4-10H,1-3H3. The lowest BCUT2D eigenvalue weighted by Crippen LogP contribution is -1.99. The molecule has 18 heavy (non-hydrogen) atoms. The average Bonchev–Trinajstić information content (AvgIpc) is 2.84. The van der Waals surface area contributed by atoms with Gasteiger partial charge < -0.3 is 0 Å². The summed E-state index contributed by atoms with van der Waals surface area (Å²) in [6.45, 7) is 6.09. The fourth-order valence-corrected chi connectivity index (χ4v) is 2.48. The molecular weight excluding hydrogens is 240 g/mol. The van der Waals surface area contributed by atoms with Gasteiger partial charge in [0.1, 0.15) is 0 Å². The number of carbonyl (C=O) groups excluding carboxylic acids is 1. The van der Waals surface area contributed by atoms with Crippen molar-refractivity contribution in [1.82, 2.24) is 0 Å². The minimum absolute atomic E-state index is 0.0731. The van der Waals surface area contributed by atoms with Crippen molar-refractivity contribution in [2.24, 2.45) is 0 Å². The predicted octanol–water partition coefficient (Wildman–Crippen LogP) is 4.57. The van der Waals surface area contributed by atoms with E-state index in [1.54, 1.807) is 17.4 Å². The maximum absolute atomic E-state index is 12.1. The Bertz CT molecular complexity index is 592. The van der Waals surface area contributed by atoms with Gasteiger partial charge in [-0.25, -0.2) is 0 Å². The SMILES string of the molecule is Cc1cc(C)c(C(=O)C=Cc2cccs2)cc1C. The topological polar surface area (TPSA) is 17.1 Å². The van der Waals surface area contributed by atoms with Crippen LogP contribution in [0.1, 0.15) is 31.9 Å². The Morgan fingerprint density at radius 2 is 1.83 bits per heavy atom. The molecule has 0 spiro atoms. The minimum atomic E-state index is 0.0731. The summed E-state index contributed by atoms with van der Waals surface area (Å²) < 4.78 is 0. The van der Waals surface area contributed by atoms with Crippen molar-refractivity contribution in [3.63, 3.8) is 0 Å². The number of hydrogen-bond acceptors (Lipinski definition) is 2. The van der Waals surface area contributed by atoms with E-state index in [1.165, 1.54) is 5.56 Å². The summed E-state index contributed by atoms with van der Waals surface area (Å²) in [5.41, 5.74) is 4.23. The van der Waals surface area contributed by atoms with E-state index >= 15 is 0 Å². The smallest absolute Gasteiger partial charge is 0.186 e. The van der Waals surface area contributed by atoms with Crippen LogP contribution in [0.2, 0.25) is 0 Å². The number of hydrogen-bond donors (Lipinski definition) is 0. The molecular formula is C16H16OS. The van der Waals surface area contributed by atoms with Crippen molar-refractivity contribution in [1.29, 1.82) is 0 Å². The predicted molar refractivity (Wildman–Crippen MR) is 78.3 cm³/mol. The third-order valence-corrected chi connectivity index (χ3v) is 3.89. The molecule has 0 N–H and O–H groups in total. The van der Waals surface area contributed by atoms with Crippen LogP contribution in [0.4, 0.5) is 0 Å². The van der Waals surface area contributed by atoms with Crippen molar-refractivity contribution in [2.45, 2.75) is 20.8 Å². The lowest BCUT2D eigenvalue weighted by Gasteiger charge is -2.06. The molecule has 0 fully saturated rings. The van der Waals surface area contributed by atoms with Crippen LogP contribution < -0.4 is 0 Å². The maximum atomic E-state index is 12.1. The molecule has 0 aliphatic heterocycles. The van der Waals surface area contributed by atoms with Gasteiger partial charge in [-0.2, -0.15) is 0 Å². The number of allylic oxidation sites excluding steroid dienone is 1. The third kappa shape index (κ3) is 2.77. The Balaban J connectivity index is 2.27. The van der Waals surface area contributed by atoms with E-state index in [2.05, 4.69) is 13.0 Å². The third-order valence-electron chi connectivity index (χ3n) is 3.05. The van der Waals surface area contributed by atoms with Crippen LogP contribution in [0.25, 0.3) is 6.08 Å². The quantitative estimate of drug-likeness (QED) is 0.580. The molecule has 2 heteroatoms. The van der Waals surface area contributed by atoms with Crippen molar-refractivity contribution in [3.8, 4) is 0 Å². The van der Waals surface area contributed by atoms with Gasteiger partial charge in [0, 0.05) is 10.4 Å². The van der Waals surface area contributed by atoms with E-state index in [9.17, 15) is 4.79 Å². The Labute approximate surface area is 112 Å². The molecule has 0 aliphatic rings. The van der Waals surface area contributed by atoms with Gasteiger partial charge >= 0.3 is 0 Å². The summed E-state index contributed by atoms with van der Waals surface area (Å²) >= 11 is 1.63. The van der Waals surface area contributed by atoms with Gasteiger partial charge in [0.2, 0.25) is 0 Å². The van der Waals surface area contributed by atoms with Crippen molar-refractivity contribution in [2.75, 3.05) is 0 Å². The first-order valence-electron chi connectivity index (χ1n) is 5.91. The fraction of sp³-hybridized carbons (Fsp3) is 0.188. The molecule has 0 unspecified atom stereocenters. The van der Waals surface area contributed by atoms with E-state index in [1.807, 2.05) is 43.5 Å². The minimum Gasteiger partial charge on any atom is -0.289 e. The van der Waals surface area contributed by atoms with Crippen LogP contribution in [0.3, 0.4) is 0 Å². The normalized spacial score (nSPS) is 11.1. The first kappa shape index (κ1) is 12.8. The molecule has 1 aromatic carbocycles. The summed E-state index contributed by atoms with van der Waals surface area (Å²) in [7, 11) is 0. The van der Waals surface area contributed by atoms with Gasteiger partial charge in [0.05, 0.1) is 0 Å². The first-order valence-corrected chi connectivity index (χ1v) is 6.79. The van der Waals surface area contributed by atoms with Crippen LogP contribution in [-0.2, 0) is 0 Å². The molecule has 1 heterocycles. The molecule has 1 aromatic heterocycles. The molecule has 2 aromatic rings. The van der Waals surface area contributed by atoms with Crippen LogP contribution in [0.15, 0.2) is 35.7 Å². The zero-order valence-corrected chi connectivity index (χ0v) is 11.7. The van der Waals surface area contributed by atoms with E-state index in [4.69, 9.17) is 0 Å². The number of thiophene rings is 1. The number of aryl methyl sites for hydroxylation is 3. The molecule has 0 amide bonds. The van der Waals surface area contributed by atoms with E-state index in [0.29, 0.717) is 0 Å². The largest absolute Gasteiger partial charge is 0.289 e. The van der Waals surface area contributed by atoms with Gasteiger partial charge in [0.25, 0.3) is 0 Å². The molecule has 0 radical (unpaired) electrons. The van der Waals surface area contributed by atoms with Gasteiger partial charge in [0.15, 0.2) is 5.78 Å². The molecule has 0 saturated heterocycles. The van der Waals surface area contributed by atoms with Gasteiger partial charge in [-0.3, -0.25) is 4.79 Å². The molecule has 0 saturated carbocycles. The zero-order chi connectivity index (χ0) is 13.1. The lowest BCUT2D eigenvalue weighted by molar-refractivity contribution is 0.104. The summed E-state index contributed by atoms with van der Waals surface area (Å²) in [6, 6.07) is 8.03. The number of benzene rings is 1. The van der Waals surface area contributed by atoms with Gasteiger partial charge in [-0.15, -0.1) is 11.3 Å². The Morgan fingerprint density at radius 3 is 2.50 bits per heavy atom. The molecule has 0 atom stereocenters. The second-order valence-electron chi connectivity index (χ2n) is 4.46. The van der Waals surface area contributed by atoms with Crippen LogP contribution in [0.5, 0.6) is 0 Å². The van der Waals surface area contributed by atoms with Crippen LogP contribution >= 0.6 is 11.3 Å². The highest BCUT2D eigenvalue weighted by atomic mass is 32.1. The highest BCUT2D eigenvalue weighted by Crippen LogP contribution is 2.17. The van der Waals surface area contributed by atoms with Gasteiger partial charge in [-0.05, 0) is 67.1 Å². The Morgan fingerprint density at radius 1 is 1.11 bits per heavy atom. The van der Waals surface area contributed by atoms with Crippen LogP contribution in [-0.4, -0.2) is 5.78 Å². The molecule has 0 aliphatic carbocycles. The summed E-state index contributed by atoms with van der Waals surface area (Å²) in [5.74, 6) is 0.0731. The van der Waals surface area contributed by atoms with Crippen molar-refractivity contribution in [3.05, 3.63) is 62.9 Å². The van der Waals surface area contributed by atoms with Crippen molar-refractivity contribution < 1.29 is 4.79 Å². The Kier molecular flexibility index (Phi) is 3.78. The maximum Gasteiger partial charge on any atom is 0.186 e. The summed E-state index contributed by atoms with van der Waals surface area (Å²) in [6.07, 6.45) is 3.53. The zero-order valence-electron chi connectivity index (χ0n) is 10.9. The second kappa shape index (κ2) is 5.32. The number of rotatable bonds is 3. The molecule has 1 nitrogen and oxygen atoms in total. The molecule has 2 rings (SSSR count). The molecule has 92 valence electrons. The highest BCUT2D eigenvalue weighted by molar-refractivity contribution is 7.10.